The van der Waals surface area contributed by atoms with E-state index in [1.54, 1.807) is 13.8 Å². The van der Waals surface area contributed by atoms with Gasteiger partial charge in [0.05, 0.1) is 5.54 Å². The molecule has 1 saturated carbocycles. The molecule has 0 radical (unpaired) electrons. The van der Waals surface area contributed by atoms with Crippen molar-refractivity contribution in [1.29, 1.82) is 0 Å². The number of rotatable bonds is 2. The van der Waals surface area contributed by atoms with Crippen molar-refractivity contribution in [3.63, 3.8) is 0 Å². The highest BCUT2D eigenvalue weighted by molar-refractivity contribution is 7.99. The lowest BCUT2D eigenvalue weighted by Crippen LogP contribution is -2.46. The fourth-order valence-electron chi connectivity index (χ4n) is 1.30. The standard InChI is InChI=1S/C7H14S.C4H10N2O/c1-8-7-5-3-2-4-6-7;1-4(2,6)3(5)7/h7H,2-6H2,1H3;6H2,1-2H3,(H2,5,7). The fourth-order valence-corrected chi connectivity index (χ4v) is 2.11. The second-order valence-corrected chi connectivity index (χ2v) is 5.72. The van der Waals surface area contributed by atoms with Crippen LogP contribution in [0, 0.1) is 0 Å². The van der Waals surface area contributed by atoms with Crippen LogP contribution in [0.15, 0.2) is 0 Å². The Morgan fingerprint density at radius 1 is 1.27 bits per heavy atom. The Hall–Kier alpha value is -0.220. The molecular formula is C11H24N2OS. The van der Waals surface area contributed by atoms with Gasteiger partial charge in [0.25, 0.3) is 0 Å². The van der Waals surface area contributed by atoms with Gasteiger partial charge in [0.1, 0.15) is 0 Å². The van der Waals surface area contributed by atoms with Crippen LogP contribution >= 0.6 is 11.8 Å². The molecule has 1 aliphatic rings. The summed E-state index contributed by atoms with van der Waals surface area (Å²) < 4.78 is 0. The molecule has 1 amide bonds. The molecule has 3 nitrogen and oxygen atoms in total. The van der Waals surface area contributed by atoms with Gasteiger partial charge in [-0.05, 0) is 32.9 Å². The molecule has 0 aromatic carbocycles. The maximum Gasteiger partial charge on any atom is 0.236 e. The van der Waals surface area contributed by atoms with Gasteiger partial charge in [0, 0.05) is 5.25 Å². The van der Waals surface area contributed by atoms with Crippen molar-refractivity contribution in [2.45, 2.75) is 56.7 Å². The number of carbonyl (C=O) groups is 1. The van der Waals surface area contributed by atoms with Crippen LogP contribution in [-0.4, -0.2) is 23.0 Å². The van der Waals surface area contributed by atoms with E-state index in [1.807, 2.05) is 11.8 Å². The molecule has 1 fully saturated rings. The highest BCUT2D eigenvalue weighted by Gasteiger charge is 2.16. The smallest absolute Gasteiger partial charge is 0.236 e. The normalized spacial score (nSPS) is 17.9. The average Bonchev–Trinajstić information content (AvgIpc) is 2.18. The van der Waals surface area contributed by atoms with Crippen LogP contribution in [0.1, 0.15) is 46.0 Å². The van der Waals surface area contributed by atoms with Gasteiger partial charge in [-0.2, -0.15) is 11.8 Å². The maximum atomic E-state index is 10.1. The lowest BCUT2D eigenvalue weighted by Gasteiger charge is -2.18. The first-order valence-electron chi connectivity index (χ1n) is 5.49. The fraction of sp³-hybridized carbons (Fsp3) is 0.909. The number of hydrogen-bond acceptors (Lipinski definition) is 3. The monoisotopic (exact) mass is 232 g/mol. The minimum absolute atomic E-state index is 0.479. The Bertz CT molecular complexity index is 184. The predicted molar refractivity (Wildman–Crippen MR) is 67.8 cm³/mol. The number of hydrogen-bond donors (Lipinski definition) is 2. The molecule has 0 unspecified atom stereocenters. The summed E-state index contributed by atoms with van der Waals surface area (Å²) in [6, 6.07) is 0. The SMILES string of the molecule is CC(C)(N)C(N)=O.CSC1CCCCC1. The van der Waals surface area contributed by atoms with Crippen molar-refractivity contribution in [3.8, 4) is 0 Å². The van der Waals surface area contributed by atoms with Gasteiger partial charge < -0.3 is 11.5 Å². The second-order valence-electron chi connectivity index (χ2n) is 4.58. The summed E-state index contributed by atoms with van der Waals surface area (Å²) in [6.07, 6.45) is 9.62. The molecule has 4 N–H and O–H groups in total. The van der Waals surface area contributed by atoms with E-state index in [-0.39, 0.29) is 0 Å². The van der Waals surface area contributed by atoms with Crippen LogP contribution in [-0.2, 0) is 4.79 Å². The molecule has 0 saturated heterocycles. The summed E-state index contributed by atoms with van der Waals surface area (Å²) >= 11 is 2.05. The quantitative estimate of drug-likeness (QED) is 0.764. The number of thioether (sulfide) groups is 1. The van der Waals surface area contributed by atoms with Crippen molar-refractivity contribution >= 4 is 17.7 Å². The van der Waals surface area contributed by atoms with Gasteiger partial charge in [0.15, 0.2) is 0 Å². The molecule has 0 aromatic heterocycles. The molecule has 0 aliphatic heterocycles. The number of carbonyl (C=O) groups excluding carboxylic acids is 1. The molecule has 0 aromatic rings. The van der Waals surface area contributed by atoms with E-state index in [4.69, 9.17) is 11.5 Å². The molecule has 15 heavy (non-hydrogen) atoms. The molecule has 90 valence electrons. The van der Waals surface area contributed by atoms with E-state index in [1.165, 1.54) is 32.1 Å². The molecule has 4 heteroatoms. The zero-order valence-corrected chi connectivity index (χ0v) is 10.9. The topological polar surface area (TPSA) is 69.1 Å². The Morgan fingerprint density at radius 3 is 1.87 bits per heavy atom. The Labute approximate surface area is 97.4 Å². The van der Waals surface area contributed by atoms with Gasteiger partial charge in [0.2, 0.25) is 5.91 Å². The highest BCUT2D eigenvalue weighted by Crippen LogP contribution is 2.25. The first-order chi connectivity index (χ1) is 6.88. The van der Waals surface area contributed by atoms with Crippen LogP contribution < -0.4 is 11.5 Å². The molecule has 0 bridgehead atoms. The average molecular weight is 232 g/mol. The molecular weight excluding hydrogens is 208 g/mol. The van der Waals surface area contributed by atoms with E-state index in [0.29, 0.717) is 0 Å². The lowest BCUT2D eigenvalue weighted by molar-refractivity contribution is -0.121. The lowest BCUT2D eigenvalue weighted by atomic mass is 10.0. The molecule has 1 rings (SSSR count). The largest absolute Gasteiger partial charge is 0.368 e. The van der Waals surface area contributed by atoms with Crippen LogP contribution in [0.3, 0.4) is 0 Å². The van der Waals surface area contributed by atoms with E-state index < -0.39 is 11.4 Å². The van der Waals surface area contributed by atoms with Gasteiger partial charge in [-0.3, -0.25) is 4.79 Å². The third-order valence-corrected chi connectivity index (χ3v) is 3.66. The minimum atomic E-state index is -0.861. The Morgan fingerprint density at radius 2 is 1.67 bits per heavy atom. The van der Waals surface area contributed by atoms with Gasteiger partial charge in [-0.15, -0.1) is 0 Å². The molecule has 0 spiro atoms. The third-order valence-electron chi connectivity index (χ3n) is 2.52. The van der Waals surface area contributed by atoms with Crippen molar-refractivity contribution in [2.24, 2.45) is 11.5 Å². The van der Waals surface area contributed by atoms with Crippen molar-refractivity contribution < 1.29 is 4.79 Å². The summed E-state index contributed by atoms with van der Waals surface area (Å²) in [4.78, 5) is 10.1. The van der Waals surface area contributed by atoms with Crippen LogP contribution in [0.2, 0.25) is 0 Å². The summed E-state index contributed by atoms with van der Waals surface area (Å²) in [6.45, 7) is 3.13. The summed E-state index contributed by atoms with van der Waals surface area (Å²) in [5, 5.41) is 1.00. The molecule has 0 atom stereocenters. The second kappa shape index (κ2) is 7.12. The van der Waals surface area contributed by atoms with Crippen LogP contribution in [0.5, 0.6) is 0 Å². The number of amides is 1. The van der Waals surface area contributed by atoms with E-state index in [2.05, 4.69) is 6.26 Å². The molecule has 1 aliphatic carbocycles. The summed E-state index contributed by atoms with van der Waals surface area (Å²) in [5.41, 5.74) is 9.15. The summed E-state index contributed by atoms with van der Waals surface area (Å²) in [7, 11) is 0. The van der Waals surface area contributed by atoms with E-state index in [0.717, 1.165) is 5.25 Å². The Balaban J connectivity index is 0.000000265. The van der Waals surface area contributed by atoms with E-state index in [9.17, 15) is 4.79 Å². The van der Waals surface area contributed by atoms with Crippen molar-refractivity contribution in [2.75, 3.05) is 6.26 Å². The number of primary amides is 1. The van der Waals surface area contributed by atoms with Crippen molar-refractivity contribution in [3.05, 3.63) is 0 Å². The third kappa shape index (κ3) is 7.68. The van der Waals surface area contributed by atoms with E-state index >= 15 is 0 Å². The van der Waals surface area contributed by atoms with Crippen molar-refractivity contribution in [1.82, 2.24) is 0 Å². The zero-order valence-electron chi connectivity index (χ0n) is 10.1. The molecule has 0 heterocycles. The zero-order chi connectivity index (χ0) is 11.9. The van der Waals surface area contributed by atoms with Crippen LogP contribution in [0.4, 0.5) is 0 Å². The first kappa shape index (κ1) is 14.8. The highest BCUT2D eigenvalue weighted by atomic mass is 32.2. The van der Waals surface area contributed by atoms with Crippen LogP contribution in [0.25, 0.3) is 0 Å². The van der Waals surface area contributed by atoms with Gasteiger partial charge >= 0.3 is 0 Å². The number of nitrogens with two attached hydrogens (primary N) is 2. The Kier molecular flexibility index (Phi) is 7.02. The summed E-state index contributed by atoms with van der Waals surface area (Å²) in [5.74, 6) is -0.479. The maximum absolute atomic E-state index is 10.1. The predicted octanol–water partition coefficient (Wildman–Crippen LogP) is 1.89. The van der Waals surface area contributed by atoms with Gasteiger partial charge in [-0.1, -0.05) is 19.3 Å². The minimum Gasteiger partial charge on any atom is -0.368 e. The van der Waals surface area contributed by atoms with Gasteiger partial charge in [-0.25, -0.2) is 0 Å². The first-order valence-corrected chi connectivity index (χ1v) is 6.78.